The Morgan fingerprint density at radius 3 is 2.79 bits per heavy atom. The van der Waals surface area contributed by atoms with E-state index in [2.05, 4.69) is 9.88 Å². The van der Waals surface area contributed by atoms with Gasteiger partial charge >= 0.3 is 0 Å². The molecule has 0 saturated carbocycles. The zero-order chi connectivity index (χ0) is 13.8. The van der Waals surface area contributed by atoms with E-state index >= 15 is 0 Å². The molecule has 102 valence electrons. The van der Waals surface area contributed by atoms with Gasteiger partial charge in [-0.25, -0.2) is 4.98 Å². The summed E-state index contributed by atoms with van der Waals surface area (Å²) in [5.41, 5.74) is 7.84. The molecule has 0 atom stereocenters. The van der Waals surface area contributed by atoms with Gasteiger partial charge in [-0.05, 0) is 30.8 Å². The van der Waals surface area contributed by atoms with Crippen LogP contribution < -0.4 is 10.5 Å². The molecule has 2 aromatic rings. The summed E-state index contributed by atoms with van der Waals surface area (Å²) in [6.07, 6.45) is 3.76. The molecule has 0 saturated heterocycles. The Kier molecular flexibility index (Phi) is 4.06. The van der Waals surface area contributed by atoms with Crippen molar-refractivity contribution in [1.29, 1.82) is 0 Å². The van der Waals surface area contributed by atoms with E-state index in [0.717, 1.165) is 35.9 Å². The minimum absolute atomic E-state index is 0.760. The highest BCUT2D eigenvalue weighted by molar-refractivity contribution is 5.50. The van der Waals surface area contributed by atoms with Crippen molar-refractivity contribution in [3.05, 3.63) is 42.0 Å². The van der Waals surface area contributed by atoms with Crippen molar-refractivity contribution in [3.8, 4) is 5.75 Å². The first-order chi connectivity index (χ1) is 9.10. The van der Waals surface area contributed by atoms with E-state index in [1.807, 2.05) is 49.3 Å². The van der Waals surface area contributed by atoms with Crippen LogP contribution >= 0.6 is 0 Å². The average Bonchev–Trinajstić information content (AvgIpc) is 2.78. The number of nitrogens with zero attached hydrogens (tertiary/aromatic N) is 3. The van der Waals surface area contributed by atoms with Crippen LogP contribution in [-0.4, -0.2) is 28.6 Å². The van der Waals surface area contributed by atoms with Crippen LogP contribution in [0.1, 0.15) is 11.4 Å². The minimum Gasteiger partial charge on any atom is -0.497 e. The third-order valence-corrected chi connectivity index (χ3v) is 3.12. The van der Waals surface area contributed by atoms with Gasteiger partial charge in [0.05, 0.1) is 13.7 Å². The third-order valence-electron chi connectivity index (χ3n) is 3.12. The van der Waals surface area contributed by atoms with E-state index in [9.17, 15) is 0 Å². The Balaban J connectivity index is 2.06. The highest BCUT2D eigenvalue weighted by atomic mass is 16.5. The normalized spacial score (nSPS) is 10.9. The lowest BCUT2D eigenvalue weighted by Crippen LogP contribution is -2.20. The van der Waals surface area contributed by atoms with Crippen molar-refractivity contribution in [2.75, 3.05) is 19.9 Å². The Morgan fingerprint density at radius 2 is 2.16 bits per heavy atom. The summed E-state index contributed by atoms with van der Waals surface area (Å²) in [5, 5.41) is 0. The number of rotatable bonds is 5. The Morgan fingerprint density at radius 1 is 1.37 bits per heavy atom. The molecule has 0 radical (unpaired) electrons. The van der Waals surface area contributed by atoms with Crippen molar-refractivity contribution in [2.45, 2.75) is 13.1 Å². The van der Waals surface area contributed by atoms with Gasteiger partial charge in [-0.3, -0.25) is 4.90 Å². The number of anilines is 1. The molecule has 2 N–H and O–H groups in total. The lowest BCUT2D eigenvalue weighted by Gasteiger charge is -2.18. The van der Waals surface area contributed by atoms with Gasteiger partial charge in [-0.15, -0.1) is 0 Å². The molecule has 1 aromatic heterocycles. The summed E-state index contributed by atoms with van der Waals surface area (Å²) in [5.74, 6) is 1.86. The molecule has 5 nitrogen and oxygen atoms in total. The maximum absolute atomic E-state index is 5.99. The third kappa shape index (κ3) is 3.26. The molecule has 0 aliphatic rings. The van der Waals surface area contributed by atoms with Crippen molar-refractivity contribution in [1.82, 2.24) is 14.5 Å². The lowest BCUT2D eigenvalue weighted by atomic mass is 10.1. The van der Waals surface area contributed by atoms with Gasteiger partial charge in [-0.2, -0.15) is 0 Å². The molecular formula is C14H20N4O. The minimum atomic E-state index is 0.760. The highest BCUT2D eigenvalue weighted by Gasteiger charge is 2.08. The number of imidazole rings is 1. The quantitative estimate of drug-likeness (QED) is 0.830. The first kappa shape index (κ1) is 13.4. The van der Waals surface area contributed by atoms with Crippen LogP contribution in [0.25, 0.3) is 0 Å². The lowest BCUT2D eigenvalue weighted by molar-refractivity contribution is 0.307. The monoisotopic (exact) mass is 260 g/mol. The van der Waals surface area contributed by atoms with Gasteiger partial charge in [0.15, 0.2) is 0 Å². The van der Waals surface area contributed by atoms with Crippen molar-refractivity contribution in [2.24, 2.45) is 7.05 Å². The molecule has 5 heteroatoms. The Labute approximate surface area is 113 Å². The summed E-state index contributed by atoms with van der Waals surface area (Å²) in [7, 11) is 5.70. The number of methoxy groups -OCH3 is 1. The smallest absolute Gasteiger partial charge is 0.122 e. The molecule has 0 aliphatic heterocycles. The maximum Gasteiger partial charge on any atom is 0.122 e. The predicted molar refractivity (Wildman–Crippen MR) is 75.8 cm³/mol. The van der Waals surface area contributed by atoms with Gasteiger partial charge in [0.25, 0.3) is 0 Å². The molecule has 0 fully saturated rings. The van der Waals surface area contributed by atoms with Crippen LogP contribution in [0.15, 0.2) is 30.6 Å². The van der Waals surface area contributed by atoms with E-state index in [4.69, 9.17) is 10.5 Å². The largest absolute Gasteiger partial charge is 0.497 e. The van der Waals surface area contributed by atoms with Gasteiger partial charge < -0.3 is 15.0 Å². The molecule has 0 spiro atoms. The summed E-state index contributed by atoms with van der Waals surface area (Å²) in [6, 6.07) is 5.73. The standard InChI is InChI=1S/C14H20N4O/c1-17(10-14-16-6-7-18(14)2)9-11-8-12(19-3)4-5-13(11)15/h4-8H,9-10,15H2,1-3H3. The average molecular weight is 260 g/mol. The van der Waals surface area contributed by atoms with Crippen LogP contribution in [0.4, 0.5) is 5.69 Å². The van der Waals surface area contributed by atoms with Crippen molar-refractivity contribution >= 4 is 5.69 Å². The van der Waals surface area contributed by atoms with Crippen molar-refractivity contribution in [3.63, 3.8) is 0 Å². The van der Waals surface area contributed by atoms with Crippen LogP contribution in [0.3, 0.4) is 0 Å². The number of hydrogen-bond donors (Lipinski definition) is 1. The van der Waals surface area contributed by atoms with Gasteiger partial charge in [0, 0.05) is 31.7 Å². The summed E-state index contributed by atoms with van der Waals surface area (Å²) >= 11 is 0. The van der Waals surface area contributed by atoms with Gasteiger partial charge in [0.1, 0.15) is 11.6 Å². The molecule has 0 amide bonds. The van der Waals surface area contributed by atoms with Crippen LogP contribution in [0.2, 0.25) is 0 Å². The summed E-state index contributed by atoms with van der Waals surface area (Å²) in [6.45, 7) is 1.54. The summed E-state index contributed by atoms with van der Waals surface area (Å²) in [4.78, 5) is 6.49. The summed E-state index contributed by atoms with van der Waals surface area (Å²) < 4.78 is 7.25. The van der Waals surface area contributed by atoms with E-state index in [1.54, 1.807) is 7.11 Å². The second-order valence-corrected chi connectivity index (χ2v) is 4.69. The fourth-order valence-electron chi connectivity index (χ4n) is 1.98. The van der Waals surface area contributed by atoms with E-state index in [-0.39, 0.29) is 0 Å². The maximum atomic E-state index is 5.99. The van der Waals surface area contributed by atoms with Crippen LogP contribution in [0.5, 0.6) is 5.75 Å². The fourth-order valence-corrected chi connectivity index (χ4v) is 1.98. The first-order valence-corrected chi connectivity index (χ1v) is 6.17. The molecule has 2 rings (SSSR count). The fraction of sp³-hybridized carbons (Fsp3) is 0.357. The SMILES string of the molecule is COc1ccc(N)c(CN(C)Cc2nccn2C)c1. The molecular weight excluding hydrogens is 240 g/mol. The van der Waals surface area contributed by atoms with Crippen LogP contribution in [0, 0.1) is 0 Å². The number of nitrogens with two attached hydrogens (primary N) is 1. The number of ether oxygens (including phenoxy) is 1. The van der Waals surface area contributed by atoms with Gasteiger partial charge in [0.2, 0.25) is 0 Å². The molecule has 0 bridgehead atoms. The molecule has 0 aliphatic carbocycles. The molecule has 19 heavy (non-hydrogen) atoms. The number of aryl methyl sites for hydroxylation is 1. The molecule has 0 unspecified atom stereocenters. The van der Waals surface area contributed by atoms with E-state index in [1.165, 1.54) is 0 Å². The van der Waals surface area contributed by atoms with Crippen LogP contribution in [-0.2, 0) is 20.1 Å². The number of aromatic nitrogens is 2. The van der Waals surface area contributed by atoms with Crippen molar-refractivity contribution < 1.29 is 4.74 Å². The zero-order valence-electron chi connectivity index (χ0n) is 11.6. The second kappa shape index (κ2) is 5.75. The Bertz CT molecular complexity index is 550. The molecule has 1 aromatic carbocycles. The Hall–Kier alpha value is -2.01. The number of benzene rings is 1. The molecule has 1 heterocycles. The number of nitrogen functional groups attached to an aromatic ring is 1. The second-order valence-electron chi connectivity index (χ2n) is 4.69. The highest BCUT2D eigenvalue weighted by Crippen LogP contribution is 2.21. The van der Waals surface area contributed by atoms with E-state index < -0.39 is 0 Å². The van der Waals surface area contributed by atoms with E-state index in [0.29, 0.717) is 0 Å². The zero-order valence-corrected chi connectivity index (χ0v) is 11.6. The predicted octanol–water partition coefficient (Wildman–Crippen LogP) is 1.64. The van der Waals surface area contributed by atoms with Gasteiger partial charge in [-0.1, -0.05) is 0 Å². The topological polar surface area (TPSA) is 56.3 Å². The number of hydrogen-bond acceptors (Lipinski definition) is 4. The first-order valence-electron chi connectivity index (χ1n) is 6.17.